The molecule has 0 amide bonds. The van der Waals surface area contributed by atoms with Crippen LogP contribution >= 0.6 is 11.8 Å². The Morgan fingerprint density at radius 1 is 1.07 bits per heavy atom. The zero-order valence-corrected chi connectivity index (χ0v) is 16.9. The van der Waals surface area contributed by atoms with Gasteiger partial charge in [0.15, 0.2) is 16.7 Å². The lowest BCUT2D eigenvalue weighted by atomic mass is 10.2. The Hall–Kier alpha value is -3.33. The molecule has 0 atom stereocenters. The molecule has 2 aromatic heterocycles. The maximum atomic E-state index is 12.5. The molecule has 0 aliphatic rings. The van der Waals surface area contributed by atoms with Crippen LogP contribution in [0, 0.1) is 0 Å². The number of nitrogens with zero attached hydrogens (tertiary/aromatic N) is 4. The van der Waals surface area contributed by atoms with Crippen LogP contribution in [-0.4, -0.2) is 33.9 Å². The van der Waals surface area contributed by atoms with Crippen LogP contribution in [0.25, 0.3) is 22.3 Å². The van der Waals surface area contributed by atoms with Gasteiger partial charge in [0.2, 0.25) is 11.7 Å². The minimum absolute atomic E-state index is 0.0883. The van der Waals surface area contributed by atoms with Gasteiger partial charge in [-0.2, -0.15) is 4.98 Å². The predicted molar refractivity (Wildman–Crippen MR) is 109 cm³/mol. The number of hydrogen-bond donors (Lipinski definition) is 0. The molecule has 0 saturated heterocycles. The van der Waals surface area contributed by atoms with Crippen LogP contribution in [0.3, 0.4) is 0 Å². The van der Waals surface area contributed by atoms with E-state index in [0.717, 1.165) is 5.56 Å². The molecule has 0 unspecified atom stereocenters. The summed E-state index contributed by atoms with van der Waals surface area (Å²) in [4.78, 5) is 21.5. The first-order chi connectivity index (χ1) is 14.1. The third kappa shape index (κ3) is 3.68. The maximum Gasteiger partial charge on any atom is 0.261 e. The van der Waals surface area contributed by atoms with Crippen LogP contribution in [0.2, 0.25) is 0 Å². The molecule has 0 saturated carbocycles. The van der Waals surface area contributed by atoms with Gasteiger partial charge in [-0.25, -0.2) is 4.98 Å². The van der Waals surface area contributed by atoms with E-state index in [1.54, 1.807) is 39.5 Å². The molecule has 0 fully saturated rings. The van der Waals surface area contributed by atoms with Crippen molar-refractivity contribution in [3.05, 3.63) is 58.7 Å². The normalized spacial score (nSPS) is 11.0. The van der Waals surface area contributed by atoms with Gasteiger partial charge in [0.05, 0.1) is 30.9 Å². The average molecular weight is 410 g/mol. The summed E-state index contributed by atoms with van der Waals surface area (Å²) in [6.07, 6.45) is 0. The van der Waals surface area contributed by atoms with Gasteiger partial charge in [-0.1, -0.05) is 29.1 Å². The van der Waals surface area contributed by atoms with Crippen LogP contribution in [0.5, 0.6) is 11.5 Å². The fraction of sp³-hybridized carbons (Fsp3) is 0.200. The molecule has 148 valence electrons. The summed E-state index contributed by atoms with van der Waals surface area (Å²) < 4.78 is 17.4. The molecule has 29 heavy (non-hydrogen) atoms. The van der Waals surface area contributed by atoms with E-state index in [0.29, 0.717) is 45.0 Å². The quantitative estimate of drug-likeness (QED) is 0.353. The topological polar surface area (TPSA) is 92.3 Å². The fourth-order valence-electron chi connectivity index (χ4n) is 2.86. The number of ether oxygens (including phenoxy) is 2. The molecule has 0 N–H and O–H groups in total. The van der Waals surface area contributed by atoms with Crippen molar-refractivity contribution in [3.63, 3.8) is 0 Å². The number of rotatable bonds is 6. The number of benzene rings is 2. The molecular formula is C20H18N4O4S. The molecule has 0 aliphatic carbocycles. The van der Waals surface area contributed by atoms with Gasteiger partial charge in [-0.15, -0.1) is 0 Å². The summed E-state index contributed by atoms with van der Waals surface area (Å²) in [6.45, 7) is 0. The lowest BCUT2D eigenvalue weighted by molar-refractivity contribution is 0.355. The highest BCUT2D eigenvalue weighted by atomic mass is 32.2. The number of thioether (sulfide) groups is 1. The van der Waals surface area contributed by atoms with E-state index in [1.807, 2.05) is 24.3 Å². The summed E-state index contributed by atoms with van der Waals surface area (Å²) in [5.41, 5.74) is 1.32. The van der Waals surface area contributed by atoms with Crippen molar-refractivity contribution in [1.29, 1.82) is 0 Å². The molecule has 2 aromatic carbocycles. The zero-order valence-electron chi connectivity index (χ0n) is 16.1. The largest absolute Gasteiger partial charge is 0.493 e. The second-order valence-electron chi connectivity index (χ2n) is 6.15. The van der Waals surface area contributed by atoms with Crippen LogP contribution < -0.4 is 15.0 Å². The van der Waals surface area contributed by atoms with Crippen LogP contribution in [0.4, 0.5) is 0 Å². The molecule has 4 aromatic rings. The van der Waals surface area contributed by atoms with E-state index in [4.69, 9.17) is 14.0 Å². The first-order valence-electron chi connectivity index (χ1n) is 8.74. The van der Waals surface area contributed by atoms with Crippen molar-refractivity contribution in [2.45, 2.75) is 10.9 Å². The van der Waals surface area contributed by atoms with E-state index < -0.39 is 0 Å². The number of methoxy groups -OCH3 is 2. The molecule has 4 rings (SSSR count). The highest BCUT2D eigenvalue weighted by molar-refractivity contribution is 7.98. The molecule has 0 radical (unpaired) electrons. The van der Waals surface area contributed by atoms with E-state index in [-0.39, 0.29) is 5.56 Å². The smallest absolute Gasteiger partial charge is 0.261 e. The van der Waals surface area contributed by atoms with Crippen LogP contribution in [0.1, 0.15) is 5.89 Å². The second-order valence-corrected chi connectivity index (χ2v) is 7.09. The SMILES string of the molecule is COc1ccc(-c2noc(CSc3nc4ccccc4c(=O)n3C)n2)cc1OC. The van der Waals surface area contributed by atoms with E-state index in [2.05, 4.69) is 15.1 Å². The standard InChI is InChI=1S/C20H18N4O4S/c1-24-19(25)13-6-4-5-7-14(13)21-20(24)29-11-17-22-18(23-28-17)12-8-9-15(26-2)16(10-12)27-3/h4-10H,11H2,1-3H3. The number of fused-ring (bicyclic) bond motifs is 1. The summed E-state index contributed by atoms with van der Waals surface area (Å²) in [6, 6.07) is 12.7. The third-order valence-corrected chi connectivity index (χ3v) is 5.39. The van der Waals surface area contributed by atoms with Crippen molar-refractivity contribution in [2.75, 3.05) is 14.2 Å². The van der Waals surface area contributed by atoms with Gasteiger partial charge in [0, 0.05) is 12.6 Å². The van der Waals surface area contributed by atoms with Gasteiger partial charge < -0.3 is 14.0 Å². The van der Waals surface area contributed by atoms with Crippen molar-refractivity contribution in [1.82, 2.24) is 19.7 Å². The lowest BCUT2D eigenvalue weighted by Gasteiger charge is -2.07. The Labute approximate surface area is 170 Å². The Bertz CT molecular complexity index is 1230. The first kappa shape index (κ1) is 19.0. The van der Waals surface area contributed by atoms with Gasteiger partial charge in [-0.3, -0.25) is 9.36 Å². The second kappa shape index (κ2) is 7.96. The molecular weight excluding hydrogens is 392 g/mol. The van der Waals surface area contributed by atoms with Gasteiger partial charge in [0.25, 0.3) is 5.56 Å². The maximum absolute atomic E-state index is 12.5. The minimum Gasteiger partial charge on any atom is -0.493 e. The van der Waals surface area contributed by atoms with Gasteiger partial charge >= 0.3 is 0 Å². The Kier molecular flexibility index (Phi) is 5.22. The number of para-hydroxylation sites is 1. The summed E-state index contributed by atoms with van der Waals surface area (Å²) >= 11 is 1.36. The van der Waals surface area contributed by atoms with Crippen molar-refractivity contribution in [3.8, 4) is 22.9 Å². The van der Waals surface area contributed by atoms with Crippen LogP contribution in [-0.2, 0) is 12.8 Å². The highest BCUT2D eigenvalue weighted by Gasteiger charge is 2.14. The van der Waals surface area contributed by atoms with Gasteiger partial charge in [-0.05, 0) is 30.3 Å². The average Bonchev–Trinajstić information content (AvgIpc) is 3.24. The Balaban J connectivity index is 1.56. The highest BCUT2D eigenvalue weighted by Crippen LogP contribution is 2.31. The molecule has 0 aliphatic heterocycles. The summed E-state index contributed by atoms with van der Waals surface area (Å²) in [5.74, 6) is 2.47. The lowest BCUT2D eigenvalue weighted by Crippen LogP contribution is -2.19. The van der Waals surface area contributed by atoms with Crippen LogP contribution in [0.15, 0.2) is 56.9 Å². The zero-order chi connectivity index (χ0) is 20.4. The van der Waals surface area contributed by atoms with Crippen molar-refractivity contribution in [2.24, 2.45) is 7.05 Å². The fourth-order valence-corrected chi connectivity index (χ4v) is 3.67. The predicted octanol–water partition coefficient (Wildman–Crippen LogP) is 3.29. The van der Waals surface area contributed by atoms with Crippen molar-refractivity contribution >= 4 is 22.7 Å². The molecule has 8 nitrogen and oxygen atoms in total. The van der Waals surface area contributed by atoms with Gasteiger partial charge in [0.1, 0.15) is 0 Å². The molecule has 9 heteroatoms. The Morgan fingerprint density at radius 3 is 2.66 bits per heavy atom. The van der Waals surface area contributed by atoms with E-state index >= 15 is 0 Å². The third-order valence-electron chi connectivity index (χ3n) is 4.38. The summed E-state index contributed by atoms with van der Waals surface area (Å²) in [7, 11) is 4.85. The van der Waals surface area contributed by atoms with E-state index in [1.165, 1.54) is 16.3 Å². The Morgan fingerprint density at radius 2 is 1.86 bits per heavy atom. The molecule has 0 spiro atoms. The first-order valence-corrected chi connectivity index (χ1v) is 9.73. The molecule has 2 heterocycles. The van der Waals surface area contributed by atoms with E-state index in [9.17, 15) is 4.79 Å². The van der Waals surface area contributed by atoms with Crippen molar-refractivity contribution < 1.29 is 14.0 Å². The summed E-state index contributed by atoms with van der Waals surface area (Å²) in [5, 5.41) is 5.21. The monoisotopic (exact) mass is 410 g/mol. The minimum atomic E-state index is -0.0883. The molecule has 0 bridgehead atoms. The number of hydrogen-bond acceptors (Lipinski definition) is 8. The number of aromatic nitrogens is 4.